The van der Waals surface area contributed by atoms with Gasteiger partial charge in [0.15, 0.2) is 0 Å². The molecule has 3 nitrogen and oxygen atoms in total. The third-order valence-corrected chi connectivity index (χ3v) is 3.35. The van der Waals surface area contributed by atoms with Crippen molar-refractivity contribution in [2.45, 2.75) is 26.7 Å². The summed E-state index contributed by atoms with van der Waals surface area (Å²) in [4.78, 5) is 2.53. The molecule has 2 heterocycles. The van der Waals surface area contributed by atoms with Crippen LogP contribution < -0.4 is 5.32 Å². The molecule has 1 atom stereocenters. The molecule has 1 aliphatic heterocycles. The number of aryl methyl sites for hydroxylation is 2. The monoisotopic (exact) mass is 222 g/mol. The normalized spacial score (nSPS) is 19.9. The third-order valence-electron chi connectivity index (χ3n) is 3.35. The van der Waals surface area contributed by atoms with Crippen molar-refractivity contribution >= 4 is 0 Å². The van der Waals surface area contributed by atoms with Crippen molar-refractivity contribution in [3.8, 4) is 0 Å². The van der Waals surface area contributed by atoms with Crippen LogP contribution in [-0.2, 0) is 0 Å². The Kier molecular flexibility index (Phi) is 3.66. The lowest BCUT2D eigenvalue weighted by atomic mass is 10.0. The average molecular weight is 222 g/mol. The second kappa shape index (κ2) is 5.02. The average Bonchev–Trinajstić information content (AvgIpc) is 2.59. The minimum Gasteiger partial charge on any atom is -0.466 e. The van der Waals surface area contributed by atoms with E-state index in [1.807, 2.05) is 6.92 Å². The zero-order valence-electron chi connectivity index (χ0n) is 10.5. The molecule has 90 valence electrons. The van der Waals surface area contributed by atoms with Gasteiger partial charge in [-0.25, -0.2) is 0 Å². The van der Waals surface area contributed by atoms with Crippen LogP contribution in [0.25, 0.3) is 0 Å². The minimum absolute atomic E-state index is 0.565. The van der Waals surface area contributed by atoms with Gasteiger partial charge in [0.05, 0.1) is 0 Å². The first kappa shape index (κ1) is 11.7. The van der Waals surface area contributed by atoms with Crippen LogP contribution in [0.2, 0.25) is 0 Å². The summed E-state index contributed by atoms with van der Waals surface area (Å²) in [5.41, 5.74) is 1.37. The largest absolute Gasteiger partial charge is 0.466 e. The Balaban J connectivity index is 1.96. The van der Waals surface area contributed by atoms with Crippen molar-refractivity contribution in [3.63, 3.8) is 0 Å². The quantitative estimate of drug-likeness (QED) is 0.847. The third kappa shape index (κ3) is 2.66. The van der Waals surface area contributed by atoms with E-state index >= 15 is 0 Å². The van der Waals surface area contributed by atoms with E-state index in [-0.39, 0.29) is 0 Å². The lowest BCUT2D eigenvalue weighted by molar-refractivity contribution is 0.230. The first-order valence-corrected chi connectivity index (χ1v) is 6.17. The molecule has 1 fully saturated rings. The van der Waals surface area contributed by atoms with Crippen molar-refractivity contribution < 1.29 is 4.42 Å². The molecule has 1 saturated heterocycles. The predicted molar refractivity (Wildman–Crippen MR) is 65.9 cm³/mol. The number of furan rings is 1. The highest BCUT2D eigenvalue weighted by Gasteiger charge is 2.17. The summed E-state index contributed by atoms with van der Waals surface area (Å²) >= 11 is 0. The number of piperazine rings is 1. The molecule has 3 heteroatoms. The van der Waals surface area contributed by atoms with Crippen LogP contribution in [0, 0.1) is 13.8 Å². The van der Waals surface area contributed by atoms with E-state index in [4.69, 9.17) is 4.42 Å². The van der Waals surface area contributed by atoms with E-state index in [1.54, 1.807) is 0 Å². The van der Waals surface area contributed by atoms with E-state index in [9.17, 15) is 0 Å². The summed E-state index contributed by atoms with van der Waals surface area (Å²) in [6.07, 6.45) is 0. The lowest BCUT2D eigenvalue weighted by Crippen LogP contribution is -2.44. The molecule has 0 aliphatic carbocycles. The molecular weight excluding hydrogens is 200 g/mol. The predicted octanol–water partition coefficient (Wildman–Crippen LogP) is 1.91. The van der Waals surface area contributed by atoms with E-state index in [0.717, 1.165) is 31.2 Å². The maximum atomic E-state index is 5.59. The standard InChI is InChI=1S/C13H22N2O/c1-10(9-15-6-4-14-5-7-15)13-8-11(2)16-12(13)3/h8,10,14H,4-7,9H2,1-3H3. The number of rotatable bonds is 3. The second-order valence-electron chi connectivity index (χ2n) is 4.82. The maximum Gasteiger partial charge on any atom is 0.104 e. The van der Waals surface area contributed by atoms with Crippen LogP contribution in [-0.4, -0.2) is 37.6 Å². The summed E-state index contributed by atoms with van der Waals surface area (Å²) in [7, 11) is 0. The number of hydrogen-bond donors (Lipinski definition) is 1. The van der Waals surface area contributed by atoms with E-state index in [1.165, 1.54) is 18.7 Å². The Hall–Kier alpha value is -0.800. The van der Waals surface area contributed by atoms with Crippen LogP contribution in [0.4, 0.5) is 0 Å². The highest BCUT2D eigenvalue weighted by molar-refractivity contribution is 5.24. The van der Waals surface area contributed by atoms with Gasteiger partial charge in [0, 0.05) is 32.7 Å². The fraction of sp³-hybridized carbons (Fsp3) is 0.692. The van der Waals surface area contributed by atoms with Crippen molar-refractivity contribution in [1.82, 2.24) is 10.2 Å². The maximum absolute atomic E-state index is 5.59. The van der Waals surface area contributed by atoms with Crippen LogP contribution in [0.5, 0.6) is 0 Å². The van der Waals surface area contributed by atoms with Crippen molar-refractivity contribution in [2.24, 2.45) is 0 Å². The Morgan fingerprint density at radius 3 is 2.62 bits per heavy atom. The van der Waals surface area contributed by atoms with Crippen molar-refractivity contribution in [1.29, 1.82) is 0 Å². The summed E-state index contributed by atoms with van der Waals surface area (Å²) in [6, 6.07) is 2.18. The van der Waals surface area contributed by atoms with Crippen molar-refractivity contribution in [2.75, 3.05) is 32.7 Å². The zero-order chi connectivity index (χ0) is 11.5. The van der Waals surface area contributed by atoms with E-state index < -0.39 is 0 Å². The Morgan fingerprint density at radius 2 is 2.06 bits per heavy atom. The van der Waals surface area contributed by atoms with Crippen LogP contribution in [0.3, 0.4) is 0 Å². The second-order valence-corrected chi connectivity index (χ2v) is 4.82. The fourth-order valence-corrected chi connectivity index (χ4v) is 2.52. The lowest BCUT2D eigenvalue weighted by Gasteiger charge is -2.29. The van der Waals surface area contributed by atoms with Gasteiger partial charge in [0.1, 0.15) is 11.5 Å². The summed E-state index contributed by atoms with van der Waals surface area (Å²) < 4.78 is 5.59. The van der Waals surface area contributed by atoms with Gasteiger partial charge in [-0.2, -0.15) is 0 Å². The molecule has 16 heavy (non-hydrogen) atoms. The first-order valence-electron chi connectivity index (χ1n) is 6.17. The number of hydrogen-bond acceptors (Lipinski definition) is 3. The Morgan fingerprint density at radius 1 is 1.38 bits per heavy atom. The number of nitrogens with one attached hydrogen (secondary N) is 1. The van der Waals surface area contributed by atoms with Gasteiger partial charge >= 0.3 is 0 Å². The van der Waals surface area contributed by atoms with Crippen LogP contribution in [0.15, 0.2) is 10.5 Å². The topological polar surface area (TPSA) is 28.4 Å². The zero-order valence-corrected chi connectivity index (χ0v) is 10.5. The molecule has 0 bridgehead atoms. The molecule has 0 spiro atoms. The van der Waals surface area contributed by atoms with Gasteiger partial charge in [-0.3, -0.25) is 0 Å². The smallest absolute Gasteiger partial charge is 0.104 e. The van der Waals surface area contributed by atoms with Gasteiger partial charge in [0.2, 0.25) is 0 Å². The Labute approximate surface area is 97.8 Å². The fourth-order valence-electron chi connectivity index (χ4n) is 2.52. The van der Waals surface area contributed by atoms with E-state index in [2.05, 4.69) is 30.1 Å². The first-order chi connectivity index (χ1) is 7.66. The molecule has 1 N–H and O–H groups in total. The van der Waals surface area contributed by atoms with Crippen LogP contribution in [0.1, 0.15) is 29.9 Å². The summed E-state index contributed by atoms with van der Waals surface area (Å²) in [5, 5.41) is 3.38. The van der Waals surface area contributed by atoms with Gasteiger partial charge in [-0.05, 0) is 31.4 Å². The highest BCUT2D eigenvalue weighted by Crippen LogP contribution is 2.23. The molecule has 1 aliphatic rings. The highest BCUT2D eigenvalue weighted by atomic mass is 16.3. The van der Waals surface area contributed by atoms with Crippen molar-refractivity contribution in [3.05, 3.63) is 23.2 Å². The summed E-state index contributed by atoms with van der Waals surface area (Å²) in [5.74, 6) is 2.68. The minimum atomic E-state index is 0.565. The molecular formula is C13H22N2O. The van der Waals surface area contributed by atoms with Gasteiger partial charge < -0.3 is 14.6 Å². The molecule has 0 radical (unpaired) electrons. The molecule has 0 saturated carbocycles. The van der Waals surface area contributed by atoms with Gasteiger partial charge in [-0.15, -0.1) is 0 Å². The molecule has 0 aromatic carbocycles. The molecule has 1 aromatic rings. The Bertz CT molecular complexity index is 340. The number of nitrogens with zero attached hydrogens (tertiary/aromatic N) is 1. The molecule has 0 amide bonds. The van der Waals surface area contributed by atoms with Crippen LogP contribution >= 0.6 is 0 Å². The molecule has 2 rings (SSSR count). The summed E-state index contributed by atoms with van der Waals surface area (Å²) in [6.45, 7) is 12.1. The molecule has 1 unspecified atom stereocenters. The van der Waals surface area contributed by atoms with E-state index in [0.29, 0.717) is 5.92 Å². The van der Waals surface area contributed by atoms with Gasteiger partial charge in [-0.1, -0.05) is 6.92 Å². The molecule has 1 aromatic heterocycles. The van der Waals surface area contributed by atoms with Gasteiger partial charge in [0.25, 0.3) is 0 Å². The SMILES string of the molecule is Cc1cc(C(C)CN2CCNCC2)c(C)o1.